The number of hydrogen-bond donors (Lipinski definition) is 2. The van der Waals surface area contributed by atoms with E-state index < -0.39 is 0 Å². The van der Waals surface area contributed by atoms with Gasteiger partial charge in [-0.25, -0.2) is 0 Å². The standard InChI is InChI=1S/C19H38N6.HI/c1-7-20-19(21-10-8-13-25(16(2)3)17(4)5)22-14-18(6)15-24-12-9-11-23-24;/h9,11-12,16-18H,7-8,10,13-15H2,1-6H3,(H2,20,21,22);1H. The van der Waals surface area contributed by atoms with Crippen molar-refractivity contribution in [2.24, 2.45) is 10.9 Å². The molecule has 26 heavy (non-hydrogen) atoms. The van der Waals surface area contributed by atoms with Gasteiger partial charge in [-0.1, -0.05) is 6.92 Å². The second kappa shape index (κ2) is 14.3. The second-order valence-electron chi connectivity index (χ2n) is 7.26. The van der Waals surface area contributed by atoms with E-state index in [1.165, 1.54) is 0 Å². The fraction of sp³-hybridized carbons (Fsp3) is 0.789. The number of guanidine groups is 1. The van der Waals surface area contributed by atoms with Crippen molar-refractivity contribution in [1.82, 2.24) is 25.3 Å². The SMILES string of the molecule is CCNC(=NCC(C)Cn1cccn1)NCCCN(C(C)C)C(C)C.I. The first-order valence-electron chi connectivity index (χ1n) is 9.69. The third kappa shape index (κ3) is 10.4. The van der Waals surface area contributed by atoms with Crippen molar-refractivity contribution in [2.75, 3.05) is 26.2 Å². The zero-order valence-electron chi connectivity index (χ0n) is 17.4. The van der Waals surface area contributed by atoms with E-state index in [4.69, 9.17) is 4.99 Å². The van der Waals surface area contributed by atoms with Crippen LogP contribution in [0.25, 0.3) is 0 Å². The molecular formula is C19H39IN6. The maximum Gasteiger partial charge on any atom is 0.191 e. The summed E-state index contributed by atoms with van der Waals surface area (Å²) in [5.41, 5.74) is 0. The quantitative estimate of drug-likeness (QED) is 0.222. The van der Waals surface area contributed by atoms with E-state index >= 15 is 0 Å². The zero-order chi connectivity index (χ0) is 18.7. The average Bonchev–Trinajstić information content (AvgIpc) is 3.04. The highest BCUT2D eigenvalue weighted by Gasteiger charge is 2.12. The van der Waals surface area contributed by atoms with E-state index in [1.54, 1.807) is 0 Å². The number of nitrogens with one attached hydrogen (secondary N) is 2. The van der Waals surface area contributed by atoms with Gasteiger partial charge in [0.15, 0.2) is 5.96 Å². The number of aromatic nitrogens is 2. The van der Waals surface area contributed by atoms with Crippen molar-refractivity contribution >= 4 is 29.9 Å². The fourth-order valence-corrected chi connectivity index (χ4v) is 2.96. The molecule has 1 rings (SSSR count). The van der Waals surface area contributed by atoms with E-state index in [-0.39, 0.29) is 24.0 Å². The maximum absolute atomic E-state index is 4.72. The number of nitrogens with zero attached hydrogens (tertiary/aromatic N) is 4. The monoisotopic (exact) mass is 478 g/mol. The Labute approximate surface area is 177 Å². The summed E-state index contributed by atoms with van der Waals surface area (Å²) in [5.74, 6) is 1.36. The Morgan fingerprint density at radius 3 is 2.38 bits per heavy atom. The van der Waals surface area contributed by atoms with Crippen molar-refractivity contribution in [3.05, 3.63) is 18.5 Å². The Bertz CT molecular complexity index is 464. The molecule has 0 aliphatic heterocycles. The van der Waals surface area contributed by atoms with Gasteiger partial charge in [-0.05, 0) is 53.0 Å². The molecule has 0 fully saturated rings. The van der Waals surface area contributed by atoms with Crippen LogP contribution in [0.4, 0.5) is 0 Å². The molecule has 1 unspecified atom stereocenters. The van der Waals surface area contributed by atoms with Gasteiger partial charge in [0, 0.05) is 57.2 Å². The molecule has 0 bridgehead atoms. The van der Waals surface area contributed by atoms with Gasteiger partial charge in [-0.3, -0.25) is 14.6 Å². The van der Waals surface area contributed by atoms with Crippen molar-refractivity contribution in [2.45, 2.75) is 66.6 Å². The Kier molecular flexibility index (Phi) is 13.8. The molecule has 0 aliphatic carbocycles. The minimum absolute atomic E-state index is 0. The second-order valence-corrected chi connectivity index (χ2v) is 7.26. The smallest absolute Gasteiger partial charge is 0.191 e. The lowest BCUT2D eigenvalue weighted by molar-refractivity contribution is 0.173. The molecule has 2 N–H and O–H groups in total. The molecular weight excluding hydrogens is 439 g/mol. The molecule has 0 aliphatic rings. The first-order chi connectivity index (χ1) is 11.9. The Morgan fingerprint density at radius 2 is 1.85 bits per heavy atom. The summed E-state index contributed by atoms with van der Waals surface area (Å²) >= 11 is 0. The van der Waals surface area contributed by atoms with Crippen LogP contribution < -0.4 is 10.6 Å². The predicted molar refractivity (Wildman–Crippen MR) is 122 cm³/mol. The third-order valence-electron chi connectivity index (χ3n) is 4.18. The van der Waals surface area contributed by atoms with Gasteiger partial charge >= 0.3 is 0 Å². The van der Waals surface area contributed by atoms with Crippen LogP contribution in [0.5, 0.6) is 0 Å². The van der Waals surface area contributed by atoms with Gasteiger partial charge < -0.3 is 10.6 Å². The lowest BCUT2D eigenvalue weighted by atomic mass is 10.2. The first-order valence-corrected chi connectivity index (χ1v) is 9.69. The lowest BCUT2D eigenvalue weighted by Crippen LogP contribution is -2.41. The highest BCUT2D eigenvalue weighted by Crippen LogP contribution is 2.05. The van der Waals surface area contributed by atoms with E-state index in [0.717, 1.165) is 45.1 Å². The normalized spacial score (nSPS) is 13.2. The molecule has 1 aromatic rings. The maximum atomic E-state index is 4.72. The van der Waals surface area contributed by atoms with E-state index in [2.05, 4.69) is 62.2 Å². The Balaban J connectivity index is 0.00000625. The van der Waals surface area contributed by atoms with Crippen molar-refractivity contribution in [1.29, 1.82) is 0 Å². The number of aliphatic imine (C=N–C) groups is 1. The van der Waals surface area contributed by atoms with Crippen LogP contribution in [0.3, 0.4) is 0 Å². The predicted octanol–water partition coefficient (Wildman–Crippen LogP) is 3.20. The topological polar surface area (TPSA) is 57.5 Å². The van der Waals surface area contributed by atoms with Gasteiger partial charge in [0.2, 0.25) is 0 Å². The van der Waals surface area contributed by atoms with Crippen LogP contribution in [0.1, 0.15) is 48.0 Å². The van der Waals surface area contributed by atoms with E-state index in [9.17, 15) is 0 Å². The summed E-state index contributed by atoms with van der Waals surface area (Å²) in [6.07, 6.45) is 4.93. The minimum atomic E-state index is 0. The van der Waals surface area contributed by atoms with Gasteiger partial charge in [-0.2, -0.15) is 5.10 Å². The molecule has 1 atom stereocenters. The molecule has 0 spiro atoms. The zero-order valence-corrected chi connectivity index (χ0v) is 19.7. The van der Waals surface area contributed by atoms with Crippen LogP contribution in [-0.4, -0.2) is 58.9 Å². The van der Waals surface area contributed by atoms with E-state index in [1.807, 2.05) is 23.1 Å². The summed E-state index contributed by atoms with van der Waals surface area (Å²) in [5, 5.41) is 11.0. The Morgan fingerprint density at radius 1 is 1.15 bits per heavy atom. The van der Waals surface area contributed by atoms with Crippen LogP contribution in [0.15, 0.2) is 23.5 Å². The van der Waals surface area contributed by atoms with Crippen LogP contribution in [0.2, 0.25) is 0 Å². The molecule has 6 nitrogen and oxygen atoms in total. The van der Waals surface area contributed by atoms with Gasteiger partial charge in [0.05, 0.1) is 0 Å². The Hall–Kier alpha value is -0.830. The summed E-state index contributed by atoms with van der Waals surface area (Å²) in [6, 6.07) is 3.13. The molecule has 0 saturated heterocycles. The lowest BCUT2D eigenvalue weighted by Gasteiger charge is -2.30. The van der Waals surface area contributed by atoms with E-state index in [0.29, 0.717) is 18.0 Å². The summed E-state index contributed by atoms with van der Waals surface area (Å²) in [6.45, 7) is 18.0. The number of rotatable bonds is 11. The number of hydrogen-bond acceptors (Lipinski definition) is 3. The molecule has 0 saturated carbocycles. The molecule has 1 aromatic heterocycles. The summed E-state index contributed by atoms with van der Waals surface area (Å²) in [4.78, 5) is 7.25. The molecule has 1 heterocycles. The summed E-state index contributed by atoms with van der Waals surface area (Å²) < 4.78 is 1.97. The molecule has 0 amide bonds. The molecule has 152 valence electrons. The van der Waals surface area contributed by atoms with Gasteiger partial charge in [0.25, 0.3) is 0 Å². The van der Waals surface area contributed by atoms with Gasteiger partial charge in [0.1, 0.15) is 0 Å². The highest BCUT2D eigenvalue weighted by atomic mass is 127. The average molecular weight is 478 g/mol. The highest BCUT2D eigenvalue weighted by molar-refractivity contribution is 14.0. The number of halogens is 1. The van der Waals surface area contributed by atoms with Crippen molar-refractivity contribution < 1.29 is 0 Å². The molecule has 7 heteroatoms. The summed E-state index contributed by atoms with van der Waals surface area (Å²) in [7, 11) is 0. The fourth-order valence-electron chi connectivity index (χ4n) is 2.96. The van der Waals surface area contributed by atoms with Crippen LogP contribution in [0, 0.1) is 5.92 Å². The van der Waals surface area contributed by atoms with Crippen LogP contribution in [-0.2, 0) is 6.54 Å². The first kappa shape index (κ1) is 25.2. The van der Waals surface area contributed by atoms with Gasteiger partial charge in [-0.15, -0.1) is 24.0 Å². The molecule has 0 aromatic carbocycles. The largest absolute Gasteiger partial charge is 0.357 e. The van der Waals surface area contributed by atoms with Crippen molar-refractivity contribution in [3.63, 3.8) is 0 Å². The third-order valence-corrected chi connectivity index (χ3v) is 4.18. The van der Waals surface area contributed by atoms with Crippen molar-refractivity contribution in [3.8, 4) is 0 Å². The van der Waals surface area contributed by atoms with Crippen LogP contribution >= 0.6 is 24.0 Å². The molecule has 0 radical (unpaired) electrons. The minimum Gasteiger partial charge on any atom is -0.357 e.